The van der Waals surface area contributed by atoms with Gasteiger partial charge in [0.05, 0.1) is 6.00 Å². The molecule has 4 N–H and O–H groups in total. The number of halogens is 1. The number of nitrogens with two attached hydrogens (primary N) is 2. The lowest BCUT2D eigenvalue weighted by atomic mass is 10.7. The van der Waals surface area contributed by atoms with Gasteiger partial charge in [-0.05, 0) is 0 Å². The maximum atomic E-state index is 5.48. The molecule has 1 aliphatic rings. The minimum atomic E-state index is 0.207. The molecular weight excluding hydrogens is 154 g/mol. The summed E-state index contributed by atoms with van der Waals surface area (Å²) in [4.78, 5) is 9.09. The fourth-order valence-electron chi connectivity index (χ4n) is 0.553. The van der Waals surface area contributed by atoms with Gasteiger partial charge in [0, 0.05) is 0 Å². The molecule has 6 heteroatoms. The van der Waals surface area contributed by atoms with Gasteiger partial charge in [-0.3, -0.25) is 0 Å². The van der Waals surface area contributed by atoms with Crippen LogP contribution in [-0.4, -0.2) is 29.5 Å². The summed E-state index contributed by atoms with van der Waals surface area (Å²) in [5.41, 5.74) is 10.7. The molecule has 0 atom stereocenters. The molecule has 1 aliphatic heterocycles. The first-order valence-electron chi connectivity index (χ1n) is 2.69. The Labute approximate surface area is 63.4 Å². The van der Waals surface area contributed by atoms with Crippen molar-refractivity contribution in [3.05, 3.63) is 0 Å². The summed E-state index contributed by atoms with van der Waals surface area (Å²) >= 11 is 5.48. The van der Waals surface area contributed by atoms with Gasteiger partial charge < -0.3 is 16.4 Å². The average molecular weight is 162 g/mol. The molecule has 0 aliphatic carbocycles. The van der Waals surface area contributed by atoms with Crippen molar-refractivity contribution in [2.45, 2.75) is 0 Å². The Balaban J connectivity index is 2.68. The zero-order chi connectivity index (χ0) is 7.56. The third-order valence-electron chi connectivity index (χ3n) is 1.10. The van der Waals surface area contributed by atoms with E-state index in [4.69, 9.17) is 23.1 Å². The Kier molecular flexibility index (Phi) is 1.96. The number of rotatable bonds is 1. The van der Waals surface area contributed by atoms with Gasteiger partial charge in [-0.25, -0.2) is 4.99 Å². The summed E-state index contributed by atoms with van der Waals surface area (Å²) in [6.45, 7) is 0.394. The van der Waals surface area contributed by atoms with E-state index in [1.54, 1.807) is 4.90 Å². The third-order valence-corrected chi connectivity index (χ3v) is 1.39. The van der Waals surface area contributed by atoms with Gasteiger partial charge in [0.1, 0.15) is 6.67 Å². The normalized spacial score (nSPS) is 18.3. The van der Waals surface area contributed by atoms with E-state index in [0.717, 1.165) is 0 Å². The summed E-state index contributed by atoms with van der Waals surface area (Å²) in [7, 11) is 0. The van der Waals surface area contributed by atoms with E-state index in [0.29, 0.717) is 12.6 Å². The van der Waals surface area contributed by atoms with Gasteiger partial charge in [0.15, 0.2) is 0 Å². The van der Waals surface area contributed by atoms with Crippen LogP contribution in [0.25, 0.3) is 0 Å². The monoisotopic (exact) mass is 161 g/mol. The van der Waals surface area contributed by atoms with Crippen LogP contribution in [0.2, 0.25) is 0 Å². The largest absolute Gasteiger partial charge is 0.369 e. The molecule has 10 heavy (non-hydrogen) atoms. The number of hydrogen-bond acceptors (Lipinski definition) is 5. The van der Waals surface area contributed by atoms with E-state index in [-0.39, 0.29) is 12.0 Å². The molecule has 0 saturated carbocycles. The van der Waals surface area contributed by atoms with Gasteiger partial charge >= 0.3 is 0 Å². The van der Waals surface area contributed by atoms with Crippen LogP contribution in [-0.2, 0) is 0 Å². The second-order valence-corrected chi connectivity index (χ2v) is 2.03. The van der Waals surface area contributed by atoms with E-state index < -0.39 is 0 Å². The van der Waals surface area contributed by atoms with Crippen LogP contribution in [0.3, 0.4) is 0 Å². The summed E-state index contributed by atoms with van der Waals surface area (Å²) < 4.78 is 0. The number of aliphatic imine (C=N–C) groups is 2. The highest BCUT2D eigenvalue weighted by atomic mass is 35.5. The fraction of sp³-hybridized carbons (Fsp3) is 0.500. The molecule has 1 heterocycles. The Hall–Kier alpha value is -0.970. The zero-order valence-electron chi connectivity index (χ0n) is 5.29. The molecule has 0 fully saturated rings. The summed E-state index contributed by atoms with van der Waals surface area (Å²) in [5.74, 6) is 0.529. The van der Waals surface area contributed by atoms with Crippen molar-refractivity contribution in [1.82, 2.24) is 4.90 Å². The highest BCUT2D eigenvalue weighted by Gasteiger charge is 2.09. The first-order chi connectivity index (χ1) is 4.74. The second kappa shape index (κ2) is 2.74. The Morgan fingerprint density at radius 3 is 2.80 bits per heavy atom. The van der Waals surface area contributed by atoms with E-state index in [1.165, 1.54) is 0 Å². The molecule has 0 unspecified atom stereocenters. The van der Waals surface area contributed by atoms with Crippen molar-refractivity contribution in [3.63, 3.8) is 0 Å². The predicted molar refractivity (Wildman–Crippen MR) is 40.7 cm³/mol. The first-order valence-corrected chi connectivity index (χ1v) is 3.22. The molecule has 0 amide bonds. The fourth-order valence-corrected chi connectivity index (χ4v) is 0.751. The maximum absolute atomic E-state index is 5.48. The van der Waals surface area contributed by atoms with Crippen molar-refractivity contribution in [2.75, 3.05) is 12.7 Å². The highest BCUT2D eigenvalue weighted by molar-refractivity contribution is 6.18. The predicted octanol–water partition coefficient (Wildman–Crippen LogP) is -0.915. The minimum absolute atomic E-state index is 0.207. The molecule has 0 saturated heterocycles. The SMILES string of the molecule is NC1=NCN(CCl)C(N)=N1. The summed E-state index contributed by atoms with van der Waals surface area (Å²) in [6.07, 6.45) is 0. The van der Waals surface area contributed by atoms with Crippen LogP contribution in [0.15, 0.2) is 9.98 Å². The molecule has 0 spiro atoms. The van der Waals surface area contributed by atoms with Crippen molar-refractivity contribution >= 4 is 23.5 Å². The highest BCUT2D eigenvalue weighted by Crippen LogP contribution is 1.96. The Morgan fingerprint density at radius 1 is 1.60 bits per heavy atom. The lowest BCUT2D eigenvalue weighted by Gasteiger charge is -2.20. The summed E-state index contributed by atoms with van der Waals surface area (Å²) in [5, 5.41) is 0. The maximum Gasteiger partial charge on any atom is 0.220 e. The van der Waals surface area contributed by atoms with E-state index in [2.05, 4.69) is 9.98 Å². The lowest BCUT2D eigenvalue weighted by molar-refractivity contribution is 0.487. The molecule has 0 aromatic heterocycles. The second-order valence-electron chi connectivity index (χ2n) is 1.79. The quantitative estimate of drug-likeness (QED) is 0.386. The molecule has 56 valence electrons. The molecule has 0 bridgehead atoms. The Bertz CT molecular complexity index is 186. The van der Waals surface area contributed by atoms with Crippen molar-refractivity contribution in [2.24, 2.45) is 21.5 Å². The molecule has 0 radical (unpaired) electrons. The minimum Gasteiger partial charge on any atom is -0.369 e. The Morgan fingerprint density at radius 2 is 2.30 bits per heavy atom. The van der Waals surface area contributed by atoms with Crippen LogP contribution in [0.1, 0.15) is 0 Å². The molecule has 5 nitrogen and oxygen atoms in total. The molecule has 0 aromatic carbocycles. The summed E-state index contributed by atoms with van der Waals surface area (Å²) in [6, 6.07) is 0.284. The van der Waals surface area contributed by atoms with Crippen LogP contribution >= 0.6 is 11.6 Å². The van der Waals surface area contributed by atoms with Crippen LogP contribution in [0.4, 0.5) is 0 Å². The lowest BCUT2D eigenvalue weighted by Crippen LogP contribution is -2.41. The van der Waals surface area contributed by atoms with Crippen molar-refractivity contribution in [1.29, 1.82) is 0 Å². The van der Waals surface area contributed by atoms with Crippen LogP contribution in [0, 0.1) is 0 Å². The van der Waals surface area contributed by atoms with Crippen LogP contribution < -0.4 is 11.5 Å². The molecule has 1 rings (SSSR count). The standard InChI is InChI=1S/C4H8ClN5/c5-1-10-2-8-3(6)9-4(10)7/h1-2H2,(H4,6,7,8,9). The topological polar surface area (TPSA) is 80.0 Å². The van der Waals surface area contributed by atoms with E-state index >= 15 is 0 Å². The zero-order valence-corrected chi connectivity index (χ0v) is 6.04. The number of guanidine groups is 2. The number of nitrogens with zero attached hydrogens (tertiary/aromatic N) is 3. The van der Waals surface area contributed by atoms with Gasteiger partial charge in [0.25, 0.3) is 0 Å². The smallest absolute Gasteiger partial charge is 0.220 e. The van der Waals surface area contributed by atoms with Gasteiger partial charge in [-0.1, -0.05) is 0 Å². The third kappa shape index (κ3) is 1.30. The molecule has 0 aromatic rings. The van der Waals surface area contributed by atoms with Crippen LogP contribution in [0.5, 0.6) is 0 Å². The number of hydrogen-bond donors (Lipinski definition) is 2. The van der Waals surface area contributed by atoms with Crippen molar-refractivity contribution < 1.29 is 0 Å². The average Bonchev–Trinajstić information content (AvgIpc) is 1.88. The first kappa shape index (κ1) is 7.14. The van der Waals surface area contributed by atoms with E-state index in [1.807, 2.05) is 0 Å². The van der Waals surface area contributed by atoms with Crippen molar-refractivity contribution in [3.8, 4) is 0 Å². The van der Waals surface area contributed by atoms with Gasteiger partial charge in [-0.2, -0.15) is 4.99 Å². The van der Waals surface area contributed by atoms with Gasteiger partial charge in [-0.15, -0.1) is 11.6 Å². The number of alkyl halides is 1. The van der Waals surface area contributed by atoms with Gasteiger partial charge in [0.2, 0.25) is 11.9 Å². The van der Waals surface area contributed by atoms with E-state index in [9.17, 15) is 0 Å². The molecular formula is C4H8ClN5.